The van der Waals surface area contributed by atoms with Gasteiger partial charge >= 0.3 is 0 Å². The normalized spacial score (nSPS) is 19.3. The molecule has 108 valence electrons. The Morgan fingerprint density at radius 2 is 1.70 bits per heavy atom. The van der Waals surface area contributed by atoms with Crippen molar-refractivity contribution < 1.29 is 14.0 Å². The molecule has 1 saturated carbocycles. The van der Waals surface area contributed by atoms with Crippen LogP contribution in [0.3, 0.4) is 0 Å². The van der Waals surface area contributed by atoms with Crippen LogP contribution < -0.4 is 0 Å². The minimum absolute atomic E-state index is 0.0119. The molecule has 1 saturated heterocycles. The summed E-state index contributed by atoms with van der Waals surface area (Å²) in [6.45, 7) is 6.18. The second kappa shape index (κ2) is 4.96. The van der Waals surface area contributed by atoms with Gasteiger partial charge in [0.05, 0.1) is 5.56 Å². The quantitative estimate of drug-likeness (QED) is 0.824. The molecule has 2 heterocycles. The van der Waals surface area contributed by atoms with Crippen LogP contribution in [0.15, 0.2) is 10.5 Å². The van der Waals surface area contributed by atoms with Crippen LogP contribution >= 0.6 is 0 Å². The monoisotopic (exact) mass is 276 g/mol. The maximum absolute atomic E-state index is 12.4. The Balaban J connectivity index is 1.61. The molecule has 0 atom stereocenters. The molecule has 0 aromatic carbocycles. The third-order valence-corrected chi connectivity index (χ3v) is 4.08. The largest absolute Gasteiger partial charge is 0.466 e. The van der Waals surface area contributed by atoms with E-state index in [0.29, 0.717) is 37.5 Å². The molecule has 0 N–H and O–H groups in total. The summed E-state index contributed by atoms with van der Waals surface area (Å²) in [6.07, 6.45) is 2.07. The summed E-state index contributed by atoms with van der Waals surface area (Å²) in [5, 5.41) is 0. The lowest BCUT2D eigenvalue weighted by Gasteiger charge is -2.34. The summed E-state index contributed by atoms with van der Waals surface area (Å²) in [5.41, 5.74) is 0.643. The van der Waals surface area contributed by atoms with E-state index in [4.69, 9.17) is 4.42 Å². The predicted octanol–water partition coefficient (Wildman–Crippen LogP) is 1.59. The topological polar surface area (TPSA) is 53.8 Å². The standard InChI is InChI=1S/C15H20N2O3/c1-10-9-13(11(2)20-10)15(19)17-7-5-16(6-8-17)14(18)12-3-4-12/h9,12H,3-8H2,1-2H3. The molecule has 20 heavy (non-hydrogen) atoms. The van der Waals surface area contributed by atoms with E-state index in [1.807, 2.05) is 23.6 Å². The van der Waals surface area contributed by atoms with Crippen molar-refractivity contribution in [1.82, 2.24) is 9.80 Å². The fourth-order valence-corrected chi connectivity index (χ4v) is 2.73. The molecule has 3 rings (SSSR count). The molecule has 0 radical (unpaired) electrons. The predicted molar refractivity (Wildman–Crippen MR) is 73.4 cm³/mol. The minimum Gasteiger partial charge on any atom is -0.466 e. The average Bonchev–Trinajstić information content (AvgIpc) is 3.23. The van der Waals surface area contributed by atoms with E-state index in [1.54, 1.807) is 6.07 Å². The maximum atomic E-state index is 12.4. The smallest absolute Gasteiger partial charge is 0.257 e. The van der Waals surface area contributed by atoms with Crippen LogP contribution in [0.4, 0.5) is 0 Å². The van der Waals surface area contributed by atoms with Crippen LogP contribution in [0.2, 0.25) is 0 Å². The number of hydrogen-bond donors (Lipinski definition) is 0. The van der Waals surface area contributed by atoms with Crippen molar-refractivity contribution in [3.05, 3.63) is 23.2 Å². The van der Waals surface area contributed by atoms with Crippen LogP contribution in [0.25, 0.3) is 0 Å². The molecule has 0 spiro atoms. The van der Waals surface area contributed by atoms with Crippen LogP contribution in [0, 0.1) is 19.8 Å². The summed E-state index contributed by atoms with van der Waals surface area (Å²) >= 11 is 0. The third kappa shape index (κ3) is 2.44. The van der Waals surface area contributed by atoms with Crippen molar-refractivity contribution in [2.75, 3.05) is 26.2 Å². The molecule has 1 aliphatic heterocycles. The zero-order chi connectivity index (χ0) is 14.3. The van der Waals surface area contributed by atoms with Gasteiger partial charge < -0.3 is 14.2 Å². The number of rotatable bonds is 2. The first-order valence-electron chi connectivity index (χ1n) is 7.21. The van der Waals surface area contributed by atoms with Crippen molar-refractivity contribution in [2.45, 2.75) is 26.7 Å². The SMILES string of the molecule is Cc1cc(C(=O)N2CCN(C(=O)C3CC3)CC2)c(C)o1. The van der Waals surface area contributed by atoms with Gasteiger partial charge in [0.25, 0.3) is 5.91 Å². The van der Waals surface area contributed by atoms with Gasteiger partial charge in [0.1, 0.15) is 11.5 Å². The van der Waals surface area contributed by atoms with E-state index in [-0.39, 0.29) is 17.7 Å². The first-order chi connectivity index (χ1) is 9.56. The average molecular weight is 276 g/mol. The molecular formula is C15H20N2O3. The molecule has 0 bridgehead atoms. The summed E-state index contributed by atoms with van der Waals surface area (Å²) in [7, 11) is 0. The molecule has 2 aliphatic rings. The van der Waals surface area contributed by atoms with Crippen molar-refractivity contribution in [3.8, 4) is 0 Å². The van der Waals surface area contributed by atoms with Gasteiger partial charge in [0, 0.05) is 32.1 Å². The molecule has 2 fully saturated rings. The van der Waals surface area contributed by atoms with Gasteiger partial charge in [-0.05, 0) is 32.8 Å². The van der Waals surface area contributed by atoms with Crippen molar-refractivity contribution in [3.63, 3.8) is 0 Å². The number of furan rings is 1. The number of nitrogens with zero attached hydrogens (tertiary/aromatic N) is 2. The number of carbonyl (C=O) groups is 2. The fraction of sp³-hybridized carbons (Fsp3) is 0.600. The number of amides is 2. The first-order valence-corrected chi connectivity index (χ1v) is 7.21. The zero-order valence-electron chi connectivity index (χ0n) is 12.0. The van der Waals surface area contributed by atoms with E-state index in [0.717, 1.165) is 18.6 Å². The van der Waals surface area contributed by atoms with Gasteiger partial charge in [-0.15, -0.1) is 0 Å². The first kappa shape index (κ1) is 13.2. The summed E-state index contributed by atoms with van der Waals surface area (Å²) in [5.74, 6) is 1.97. The Morgan fingerprint density at radius 1 is 1.10 bits per heavy atom. The Labute approximate surface area is 118 Å². The highest BCUT2D eigenvalue weighted by atomic mass is 16.3. The van der Waals surface area contributed by atoms with E-state index in [2.05, 4.69) is 0 Å². The van der Waals surface area contributed by atoms with Gasteiger partial charge in [-0.3, -0.25) is 9.59 Å². The Bertz CT molecular complexity index is 537. The fourth-order valence-electron chi connectivity index (χ4n) is 2.73. The second-order valence-electron chi connectivity index (χ2n) is 5.72. The summed E-state index contributed by atoms with van der Waals surface area (Å²) in [4.78, 5) is 28.1. The van der Waals surface area contributed by atoms with Crippen LogP contribution in [0.1, 0.15) is 34.7 Å². The van der Waals surface area contributed by atoms with Crippen LogP contribution in [-0.4, -0.2) is 47.8 Å². The lowest BCUT2D eigenvalue weighted by Crippen LogP contribution is -2.51. The molecule has 1 aromatic rings. The van der Waals surface area contributed by atoms with E-state index in [9.17, 15) is 9.59 Å². The summed E-state index contributed by atoms with van der Waals surface area (Å²) in [6, 6.07) is 1.79. The third-order valence-electron chi connectivity index (χ3n) is 4.08. The number of aryl methyl sites for hydroxylation is 2. The van der Waals surface area contributed by atoms with E-state index < -0.39 is 0 Å². The van der Waals surface area contributed by atoms with Crippen molar-refractivity contribution in [1.29, 1.82) is 0 Å². The molecule has 0 unspecified atom stereocenters. The summed E-state index contributed by atoms with van der Waals surface area (Å²) < 4.78 is 5.41. The molecule has 2 amide bonds. The van der Waals surface area contributed by atoms with Gasteiger partial charge in [-0.25, -0.2) is 0 Å². The van der Waals surface area contributed by atoms with Gasteiger partial charge in [-0.2, -0.15) is 0 Å². The maximum Gasteiger partial charge on any atom is 0.257 e. The Morgan fingerprint density at radius 3 is 2.20 bits per heavy atom. The lowest BCUT2D eigenvalue weighted by atomic mass is 10.2. The van der Waals surface area contributed by atoms with Gasteiger partial charge in [0.2, 0.25) is 5.91 Å². The van der Waals surface area contributed by atoms with Gasteiger partial charge in [0.15, 0.2) is 0 Å². The van der Waals surface area contributed by atoms with Crippen LogP contribution in [-0.2, 0) is 4.79 Å². The van der Waals surface area contributed by atoms with E-state index >= 15 is 0 Å². The molecule has 1 aromatic heterocycles. The molecule has 5 heteroatoms. The molecule has 5 nitrogen and oxygen atoms in total. The second-order valence-corrected chi connectivity index (χ2v) is 5.72. The molecular weight excluding hydrogens is 256 g/mol. The number of piperazine rings is 1. The highest BCUT2D eigenvalue weighted by Gasteiger charge is 2.35. The Hall–Kier alpha value is -1.78. The van der Waals surface area contributed by atoms with Crippen molar-refractivity contribution >= 4 is 11.8 Å². The zero-order valence-corrected chi connectivity index (χ0v) is 12.0. The van der Waals surface area contributed by atoms with Crippen LogP contribution in [0.5, 0.6) is 0 Å². The van der Waals surface area contributed by atoms with E-state index in [1.165, 1.54) is 0 Å². The minimum atomic E-state index is 0.0119. The van der Waals surface area contributed by atoms with Gasteiger partial charge in [-0.1, -0.05) is 0 Å². The number of hydrogen-bond acceptors (Lipinski definition) is 3. The lowest BCUT2D eigenvalue weighted by molar-refractivity contribution is -0.134. The van der Waals surface area contributed by atoms with Crippen molar-refractivity contribution in [2.24, 2.45) is 5.92 Å². The highest BCUT2D eigenvalue weighted by Crippen LogP contribution is 2.31. The highest BCUT2D eigenvalue weighted by molar-refractivity contribution is 5.95. The molecule has 1 aliphatic carbocycles. The number of carbonyl (C=O) groups excluding carboxylic acids is 2. The Kier molecular flexibility index (Phi) is 3.28.